The molecule has 5 aromatic rings. The Morgan fingerprint density at radius 1 is 0.902 bits per heavy atom. The Labute approximate surface area is 300 Å². The summed E-state index contributed by atoms with van der Waals surface area (Å²) in [5.41, 5.74) is 7.67. The van der Waals surface area contributed by atoms with Gasteiger partial charge in [-0.15, -0.1) is 6.58 Å². The molecule has 51 heavy (non-hydrogen) atoms. The minimum absolute atomic E-state index is 0.00706. The van der Waals surface area contributed by atoms with E-state index >= 15 is 0 Å². The van der Waals surface area contributed by atoms with Gasteiger partial charge in [-0.05, 0) is 64.9 Å². The topological polar surface area (TPSA) is 96.8 Å². The van der Waals surface area contributed by atoms with Crippen molar-refractivity contribution in [1.82, 2.24) is 20.2 Å². The number of amides is 1. The van der Waals surface area contributed by atoms with Gasteiger partial charge in [-0.1, -0.05) is 98.6 Å². The zero-order valence-corrected chi connectivity index (χ0v) is 29.2. The number of para-hydroxylation sites is 2. The molecule has 1 saturated carbocycles. The monoisotopic (exact) mass is 682 g/mol. The smallest absolute Gasteiger partial charge is 0.271 e. The van der Waals surface area contributed by atoms with Crippen LogP contribution in [-0.2, 0) is 22.6 Å². The highest BCUT2D eigenvalue weighted by Crippen LogP contribution is 2.43. The molecule has 1 aromatic heterocycles. The maximum Gasteiger partial charge on any atom is 0.271 e. The van der Waals surface area contributed by atoms with Gasteiger partial charge in [0.15, 0.2) is 6.29 Å². The number of nitrogens with zero attached hydrogens (tertiary/aromatic N) is 3. The van der Waals surface area contributed by atoms with Crippen LogP contribution in [0.5, 0.6) is 0 Å². The maximum atomic E-state index is 13.0. The fourth-order valence-electron chi connectivity index (χ4n) is 7.43. The highest BCUT2D eigenvalue weighted by atomic mass is 16.7. The van der Waals surface area contributed by atoms with E-state index in [0.29, 0.717) is 18.1 Å². The Morgan fingerprint density at radius 3 is 2.41 bits per heavy atom. The lowest BCUT2D eigenvalue weighted by atomic mass is 9.89. The van der Waals surface area contributed by atoms with Crippen molar-refractivity contribution in [2.24, 2.45) is 5.92 Å². The highest BCUT2D eigenvalue weighted by Gasteiger charge is 2.40. The molecule has 0 spiro atoms. The van der Waals surface area contributed by atoms with Crippen LogP contribution in [0.1, 0.15) is 77.7 Å². The molecule has 0 radical (unpaired) electrons. The average Bonchev–Trinajstić information content (AvgIpc) is 3.73. The Bertz CT molecular complexity index is 1960. The van der Waals surface area contributed by atoms with Crippen molar-refractivity contribution < 1.29 is 19.4 Å². The van der Waals surface area contributed by atoms with Gasteiger partial charge in [0, 0.05) is 37.2 Å². The number of carbonyl (C=O) groups is 1. The maximum absolute atomic E-state index is 13.0. The summed E-state index contributed by atoms with van der Waals surface area (Å²) in [6.45, 7) is 8.29. The summed E-state index contributed by atoms with van der Waals surface area (Å²) in [6.07, 6.45) is 7.68. The van der Waals surface area contributed by atoms with Crippen molar-refractivity contribution in [1.29, 1.82) is 0 Å². The lowest BCUT2D eigenvalue weighted by Gasteiger charge is -2.43. The number of aromatic nitrogens is 2. The normalized spacial score (nSPS) is 20.8. The number of ether oxygens (including phenoxy) is 2. The molecule has 1 saturated heterocycles. The predicted octanol–water partition coefficient (Wildman–Crippen LogP) is 7.94. The first-order valence-corrected chi connectivity index (χ1v) is 18.0. The van der Waals surface area contributed by atoms with Gasteiger partial charge >= 0.3 is 0 Å². The second-order valence-corrected chi connectivity index (χ2v) is 13.8. The molecule has 8 heteroatoms. The van der Waals surface area contributed by atoms with E-state index in [0.717, 1.165) is 52.0 Å². The molecule has 262 valence electrons. The van der Waals surface area contributed by atoms with E-state index in [4.69, 9.17) is 9.47 Å². The van der Waals surface area contributed by atoms with Crippen molar-refractivity contribution in [3.05, 3.63) is 144 Å². The Hall–Kier alpha value is -4.73. The van der Waals surface area contributed by atoms with E-state index in [1.807, 2.05) is 60.7 Å². The minimum atomic E-state index is -0.562. The van der Waals surface area contributed by atoms with E-state index in [1.165, 1.54) is 31.9 Å². The van der Waals surface area contributed by atoms with Gasteiger partial charge in [0.1, 0.15) is 5.69 Å². The fourth-order valence-corrected chi connectivity index (χ4v) is 7.43. The van der Waals surface area contributed by atoms with Crippen LogP contribution >= 0.6 is 0 Å². The number of rotatable bonds is 12. The minimum Gasteiger partial charge on any atom is -0.392 e. The van der Waals surface area contributed by atoms with E-state index < -0.39 is 6.29 Å². The fraction of sp³-hybridized carbons (Fsp3) is 0.326. The van der Waals surface area contributed by atoms with Crippen LogP contribution in [0.15, 0.2) is 116 Å². The zero-order valence-electron chi connectivity index (χ0n) is 29.2. The molecule has 1 aliphatic carbocycles. The Kier molecular flexibility index (Phi) is 10.9. The number of hydrogen-bond donors (Lipinski definition) is 2. The Morgan fingerprint density at radius 2 is 1.65 bits per heavy atom. The molecule has 4 aromatic carbocycles. The van der Waals surface area contributed by atoms with Crippen molar-refractivity contribution in [3.8, 4) is 11.1 Å². The van der Waals surface area contributed by atoms with Crippen molar-refractivity contribution in [3.63, 3.8) is 0 Å². The zero-order chi connectivity index (χ0) is 35.2. The lowest BCUT2D eigenvalue weighted by Crippen LogP contribution is -2.47. The standard InChI is InChI=1S/C43H46N4O4/c1-3-22-47(36-14-4-5-15-36)27-40-29(2)41(32-20-18-30(28-48)19-21-32)51-43(50-40)35-13-9-12-34(24-35)33-11-8-10-31(23-33)25-45-42(49)39-26-44-37-16-6-7-17-38(37)46-39/h3,6-13,16-21,23-24,26,29,36,40-41,43,48H,1,4-5,14-15,22,25,27-28H2,2H3,(H,45,49)/t29-,40+,41+,43+/m0/s1. The van der Waals surface area contributed by atoms with Crippen LogP contribution in [0.25, 0.3) is 22.2 Å². The first-order valence-electron chi connectivity index (χ1n) is 18.0. The third-order valence-corrected chi connectivity index (χ3v) is 10.3. The quantitative estimate of drug-likeness (QED) is 0.129. The predicted molar refractivity (Wildman–Crippen MR) is 200 cm³/mol. The van der Waals surface area contributed by atoms with Gasteiger partial charge in [0.25, 0.3) is 5.91 Å². The van der Waals surface area contributed by atoms with Crippen molar-refractivity contribution >= 4 is 16.9 Å². The van der Waals surface area contributed by atoms with Gasteiger partial charge < -0.3 is 19.9 Å². The molecule has 2 aliphatic rings. The molecule has 0 unspecified atom stereocenters. The number of aliphatic hydroxyl groups excluding tert-OH is 1. The molecule has 8 nitrogen and oxygen atoms in total. The number of benzene rings is 4. The summed E-state index contributed by atoms with van der Waals surface area (Å²) in [6, 6.07) is 32.7. The number of hydrogen-bond acceptors (Lipinski definition) is 7. The van der Waals surface area contributed by atoms with Crippen molar-refractivity contribution in [2.75, 3.05) is 13.1 Å². The SMILES string of the molecule is C=CCN(C[C@H]1O[C@@H](c2cccc(-c3cccc(CNC(=O)c4cnc5ccccc5n4)c3)c2)O[C@@H](c2ccc(CO)cc2)[C@H]1C)C1CCCC1. The van der Waals surface area contributed by atoms with Crippen molar-refractivity contribution in [2.45, 2.75) is 70.3 Å². The summed E-state index contributed by atoms with van der Waals surface area (Å²) in [4.78, 5) is 24.4. The summed E-state index contributed by atoms with van der Waals surface area (Å²) in [5.74, 6) is -0.165. The van der Waals surface area contributed by atoms with Crippen LogP contribution in [0.3, 0.4) is 0 Å². The van der Waals surface area contributed by atoms with Crippen LogP contribution < -0.4 is 5.32 Å². The van der Waals surface area contributed by atoms with Crippen LogP contribution in [-0.4, -0.2) is 51.1 Å². The second kappa shape index (κ2) is 16.1. The number of carbonyl (C=O) groups excluding carboxylic acids is 1. The molecule has 7 rings (SSSR count). The molecule has 2 N–H and O–H groups in total. The summed E-state index contributed by atoms with van der Waals surface area (Å²) >= 11 is 0. The first-order chi connectivity index (χ1) is 25.0. The summed E-state index contributed by atoms with van der Waals surface area (Å²) in [7, 11) is 0. The largest absolute Gasteiger partial charge is 0.392 e. The third-order valence-electron chi connectivity index (χ3n) is 10.3. The summed E-state index contributed by atoms with van der Waals surface area (Å²) in [5, 5.41) is 12.7. The van der Waals surface area contributed by atoms with Gasteiger partial charge in [0.2, 0.25) is 0 Å². The van der Waals surface area contributed by atoms with Crippen LogP contribution in [0.4, 0.5) is 0 Å². The van der Waals surface area contributed by atoms with Gasteiger partial charge in [-0.2, -0.15) is 0 Å². The number of fused-ring (bicyclic) bond motifs is 1. The third kappa shape index (κ3) is 8.10. The Balaban J connectivity index is 1.10. The van der Waals surface area contributed by atoms with E-state index in [1.54, 1.807) is 0 Å². The van der Waals surface area contributed by atoms with Gasteiger partial charge in [0.05, 0.1) is 36.0 Å². The van der Waals surface area contributed by atoms with Gasteiger partial charge in [-0.25, -0.2) is 4.98 Å². The van der Waals surface area contributed by atoms with E-state index in [2.05, 4.69) is 76.2 Å². The molecular formula is C43H46N4O4. The highest BCUT2D eigenvalue weighted by molar-refractivity contribution is 5.93. The lowest BCUT2D eigenvalue weighted by molar-refractivity contribution is -0.276. The van der Waals surface area contributed by atoms with Gasteiger partial charge in [-0.3, -0.25) is 14.7 Å². The molecule has 2 fully saturated rings. The van der Waals surface area contributed by atoms with Crippen LogP contribution in [0, 0.1) is 5.92 Å². The molecule has 1 amide bonds. The average molecular weight is 683 g/mol. The van der Waals surface area contributed by atoms with E-state index in [-0.39, 0.29) is 36.3 Å². The molecule has 4 atom stereocenters. The summed E-state index contributed by atoms with van der Waals surface area (Å²) < 4.78 is 13.7. The first kappa shape index (κ1) is 34.7. The van der Waals surface area contributed by atoms with Crippen LogP contribution in [0.2, 0.25) is 0 Å². The second-order valence-electron chi connectivity index (χ2n) is 13.8. The van der Waals surface area contributed by atoms with E-state index in [9.17, 15) is 9.90 Å². The molecular weight excluding hydrogens is 636 g/mol. The number of nitrogens with one attached hydrogen (secondary N) is 1. The number of aliphatic hydroxyl groups is 1. The molecule has 1 aliphatic heterocycles. The molecule has 2 heterocycles. The molecule has 0 bridgehead atoms.